The minimum atomic E-state index is -1.01. The van der Waals surface area contributed by atoms with E-state index in [0.717, 1.165) is 25.7 Å². The third-order valence-electron chi connectivity index (χ3n) is 5.69. The van der Waals surface area contributed by atoms with E-state index in [2.05, 4.69) is 22.9 Å². The van der Waals surface area contributed by atoms with E-state index in [4.69, 9.17) is 10.5 Å². The van der Waals surface area contributed by atoms with Gasteiger partial charge >= 0.3 is 11.9 Å². The molecule has 0 aromatic carbocycles. The largest absolute Gasteiger partial charge is 0.349 e. The molecule has 0 aromatic heterocycles. The minimum absolute atomic E-state index is 0.185. The van der Waals surface area contributed by atoms with Gasteiger partial charge in [-0.15, -0.1) is 13.2 Å². The van der Waals surface area contributed by atoms with E-state index in [1.807, 2.05) is 27.7 Å². The molecular formula is C20H34O6. The van der Waals surface area contributed by atoms with Crippen molar-refractivity contribution in [2.75, 3.05) is 0 Å². The SMILES string of the molecule is C=CC(C)(C)C(CCCCCCCC(=O)OO)(C(=O)OO)C(C)(C)C=C. The van der Waals surface area contributed by atoms with Crippen molar-refractivity contribution in [1.82, 2.24) is 0 Å². The molecule has 0 aliphatic heterocycles. The second-order valence-corrected chi connectivity index (χ2v) is 7.87. The first-order valence-corrected chi connectivity index (χ1v) is 9.03. The maximum Gasteiger partial charge on any atom is 0.349 e. The van der Waals surface area contributed by atoms with Gasteiger partial charge in [0.15, 0.2) is 0 Å². The summed E-state index contributed by atoms with van der Waals surface area (Å²) in [7, 11) is 0. The lowest BCUT2D eigenvalue weighted by molar-refractivity contribution is -0.257. The molecule has 0 aliphatic carbocycles. The van der Waals surface area contributed by atoms with Crippen molar-refractivity contribution >= 4 is 11.9 Å². The molecule has 0 fully saturated rings. The number of hydrogen-bond acceptors (Lipinski definition) is 6. The summed E-state index contributed by atoms with van der Waals surface area (Å²) in [5, 5.41) is 17.4. The predicted octanol–water partition coefficient (Wildman–Crippen LogP) is 5.16. The van der Waals surface area contributed by atoms with Crippen molar-refractivity contribution in [1.29, 1.82) is 0 Å². The summed E-state index contributed by atoms with van der Waals surface area (Å²) in [5.41, 5.74) is -2.27. The summed E-state index contributed by atoms with van der Waals surface area (Å²) in [6, 6.07) is 0. The fourth-order valence-electron chi connectivity index (χ4n) is 3.76. The topological polar surface area (TPSA) is 93.1 Å². The maximum atomic E-state index is 12.7. The number of hydrogen-bond donors (Lipinski definition) is 2. The Morgan fingerprint density at radius 1 is 0.846 bits per heavy atom. The molecule has 26 heavy (non-hydrogen) atoms. The smallest absolute Gasteiger partial charge is 0.301 e. The van der Waals surface area contributed by atoms with Gasteiger partial charge in [0, 0.05) is 6.42 Å². The standard InChI is InChI=1S/C20H34O6/c1-7-18(3,4)20(17(22)26-24,19(5,6)8-2)15-13-11-9-10-12-14-16(21)25-23/h7-8,23-24H,1-2,9-15H2,3-6H3. The number of rotatable bonds is 13. The van der Waals surface area contributed by atoms with Crippen LogP contribution in [0.4, 0.5) is 0 Å². The Labute approximate surface area is 156 Å². The van der Waals surface area contributed by atoms with Gasteiger partial charge in [-0.05, 0) is 23.7 Å². The van der Waals surface area contributed by atoms with E-state index < -0.39 is 28.2 Å². The van der Waals surface area contributed by atoms with Crippen LogP contribution in [0.2, 0.25) is 0 Å². The van der Waals surface area contributed by atoms with E-state index >= 15 is 0 Å². The zero-order chi connectivity index (χ0) is 20.4. The summed E-state index contributed by atoms with van der Waals surface area (Å²) in [6.07, 6.45) is 8.07. The van der Waals surface area contributed by atoms with E-state index in [1.54, 1.807) is 12.2 Å². The molecule has 150 valence electrons. The van der Waals surface area contributed by atoms with Gasteiger partial charge in [-0.25, -0.2) is 9.59 Å². The molecule has 0 radical (unpaired) electrons. The highest BCUT2D eigenvalue weighted by Crippen LogP contribution is 2.57. The molecule has 0 aliphatic rings. The van der Waals surface area contributed by atoms with Crippen molar-refractivity contribution in [3.63, 3.8) is 0 Å². The lowest BCUT2D eigenvalue weighted by atomic mass is 9.51. The number of unbranched alkanes of at least 4 members (excludes halogenated alkanes) is 4. The van der Waals surface area contributed by atoms with Crippen molar-refractivity contribution in [2.24, 2.45) is 16.2 Å². The molecule has 6 heteroatoms. The molecule has 0 amide bonds. The van der Waals surface area contributed by atoms with Crippen LogP contribution < -0.4 is 0 Å². The first-order chi connectivity index (χ1) is 12.1. The Balaban J connectivity index is 5.10. The second-order valence-electron chi connectivity index (χ2n) is 7.87. The van der Waals surface area contributed by atoms with Crippen LogP contribution in [0.15, 0.2) is 25.3 Å². The fourth-order valence-corrected chi connectivity index (χ4v) is 3.76. The van der Waals surface area contributed by atoms with Gasteiger partial charge in [-0.2, -0.15) is 10.5 Å². The lowest BCUT2D eigenvalue weighted by Gasteiger charge is -2.51. The predicted molar refractivity (Wildman–Crippen MR) is 100 cm³/mol. The quantitative estimate of drug-likeness (QED) is 0.201. The molecule has 0 rings (SSSR count). The summed E-state index contributed by atoms with van der Waals surface area (Å²) in [4.78, 5) is 31.4. The molecular weight excluding hydrogens is 336 g/mol. The van der Waals surface area contributed by atoms with Crippen LogP contribution in [0.3, 0.4) is 0 Å². The van der Waals surface area contributed by atoms with Crippen LogP contribution in [0, 0.1) is 16.2 Å². The van der Waals surface area contributed by atoms with Gasteiger partial charge < -0.3 is 9.78 Å². The average molecular weight is 370 g/mol. The van der Waals surface area contributed by atoms with Crippen molar-refractivity contribution in [3.05, 3.63) is 25.3 Å². The van der Waals surface area contributed by atoms with Crippen LogP contribution in [0.25, 0.3) is 0 Å². The Morgan fingerprint density at radius 2 is 1.31 bits per heavy atom. The van der Waals surface area contributed by atoms with Gasteiger partial charge in [-0.3, -0.25) is 0 Å². The van der Waals surface area contributed by atoms with Crippen molar-refractivity contribution in [2.45, 2.75) is 72.6 Å². The fraction of sp³-hybridized carbons (Fsp3) is 0.700. The number of carbonyl (C=O) groups excluding carboxylic acids is 2. The number of carbonyl (C=O) groups is 2. The average Bonchev–Trinajstić information content (AvgIpc) is 2.62. The molecule has 0 aromatic rings. The molecule has 0 bridgehead atoms. The molecule has 0 spiro atoms. The summed E-state index contributed by atoms with van der Waals surface area (Å²) < 4.78 is 0. The zero-order valence-corrected chi connectivity index (χ0v) is 16.5. The minimum Gasteiger partial charge on any atom is -0.301 e. The number of allylic oxidation sites excluding steroid dienone is 2. The summed E-state index contributed by atoms with van der Waals surface area (Å²) in [5.74, 6) is -1.31. The third-order valence-corrected chi connectivity index (χ3v) is 5.69. The van der Waals surface area contributed by atoms with Crippen LogP contribution in [0.5, 0.6) is 0 Å². The third kappa shape index (κ3) is 5.42. The first-order valence-electron chi connectivity index (χ1n) is 9.03. The molecule has 2 N–H and O–H groups in total. The summed E-state index contributed by atoms with van der Waals surface area (Å²) in [6.45, 7) is 15.4. The second kappa shape index (κ2) is 10.5. The van der Waals surface area contributed by atoms with Crippen molar-refractivity contribution in [3.8, 4) is 0 Å². The Kier molecular flexibility index (Phi) is 9.81. The molecule has 0 atom stereocenters. The van der Waals surface area contributed by atoms with E-state index in [1.165, 1.54) is 0 Å². The van der Waals surface area contributed by atoms with Gasteiger partial charge in [0.1, 0.15) is 0 Å². The molecule has 0 saturated carbocycles. The highest BCUT2D eigenvalue weighted by molar-refractivity contribution is 5.79. The van der Waals surface area contributed by atoms with Crippen molar-refractivity contribution < 1.29 is 29.9 Å². The molecule has 0 heterocycles. The molecule has 0 unspecified atom stereocenters. The highest BCUT2D eigenvalue weighted by Gasteiger charge is 2.58. The van der Waals surface area contributed by atoms with Crippen LogP contribution in [-0.2, 0) is 19.4 Å². The van der Waals surface area contributed by atoms with E-state index in [-0.39, 0.29) is 6.42 Å². The van der Waals surface area contributed by atoms with Crippen LogP contribution in [-0.4, -0.2) is 22.5 Å². The Morgan fingerprint density at radius 3 is 1.73 bits per heavy atom. The van der Waals surface area contributed by atoms with E-state index in [9.17, 15) is 9.59 Å². The maximum absolute atomic E-state index is 12.7. The Bertz CT molecular complexity index is 473. The lowest BCUT2D eigenvalue weighted by Crippen LogP contribution is -2.53. The van der Waals surface area contributed by atoms with Crippen LogP contribution >= 0.6 is 0 Å². The normalized spacial score (nSPS) is 12.4. The molecule has 0 saturated heterocycles. The summed E-state index contributed by atoms with van der Waals surface area (Å²) >= 11 is 0. The van der Waals surface area contributed by atoms with Crippen LogP contribution in [0.1, 0.15) is 72.6 Å². The highest BCUT2D eigenvalue weighted by atomic mass is 17.1. The van der Waals surface area contributed by atoms with Gasteiger partial charge in [0.2, 0.25) is 0 Å². The zero-order valence-electron chi connectivity index (χ0n) is 16.5. The van der Waals surface area contributed by atoms with Gasteiger partial charge in [-0.1, -0.05) is 65.5 Å². The van der Waals surface area contributed by atoms with E-state index in [0.29, 0.717) is 12.8 Å². The monoisotopic (exact) mass is 370 g/mol. The van der Waals surface area contributed by atoms with Gasteiger partial charge in [0.25, 0.3) is 0 Å². The van der Waals surface area contributed by atoms with Gasteiger partial charge in [0.05, 0.1) is 5.41 Å². The first kappa shape index (κ1) is 24.3. The molecule has 6 nitrogen and oxygen atoms in total. The Hall–Kier alpha value is -1.66.